The molecule has 0 aliphatic carbocycles. The van der Waals surface area contributed by atoms with Gasteiger partial charge in [0.2, 0.25) is 0 Å². The molecule has 5 heteroatoms. The largest absolute Gasteiger partial charge is 0.381 e. The lowest BCUT2D eigenvalue weighted by Gasteiger charge is -2.39. The van der Waals surface area contributed by atoms with E-state index in [-0.39, 0.29) is 5.54 Å². The number of rotatable bonds is 4. The van der Waals surface area contributed by atoms with E-state index >= 15 is 0 Å². The molecule has 0 saturated carbocycles. The van der Waals surface area contributed by atoms with E-state index in [0.29, 0.717) is 0 Å². The summed E-state index contributed by atoms with van der Waals surface area (Å²) in [6.07, 6.45) is 2.01. The van der Waals surface area contributed by atoms with Crippen molar-refractivity contribution in [1.29, 1.82) is 0 Å². The molecule has 1 aliphatic heterocycles. The van der Waals surface area contributed by atoms with Crippen LogP contribution >= 0.6 is 43.2 Å². The standard InChI is InChI=1S/C16H17Br2NOS/c17-13-3-1-2-12(10-13)16(5-7-20-8-6-16)19-11-15-14(18)4-9-21-15/h1-4,9-10,19H,5-8,11H2. The Morgan fingerprint density at radius 2 is 2.00 bits per heavy atom. The minimum Gasteiger partial charge on any atom is -0.381 e. The van der Waals surface area contributed by atoms with Crippen molar-refractivity contribution in [3.8, 4) is 0 Å². The molecule has 0 spiro atoms. The smallest absolute Gasteiger partial charge is 0.0486 e. The molecule has 2 heterocycles. The van der Waals surface area contributed by atoms with Crippen molar-refractivity contribution < 1.29 is 4.74 Å². The van der Waals surface area contributed by atoms with Gasteiger partial charge in [0.25, 0.3) is 0 Å². The lowest BCUT2D eigenvalue weighted by Crippen LogP contribution is -2.46. The van der Waals surface area contributed by atoms with Crippen molar-refractivity contribution in [3.05, 3.63) is 55.1 Å². The Bertz CT molecular complexity index is 608. The van der Waals surface area contributed by atoms with Crippen molar-refractivity contribution in [2.45, 2.75) is 24.9 Å². The van der Waals surface area contributed by atoms with Gasteiger partial charge in [-0.05, 0) is 57.9 Å². The summed E-state index contributed by atoms with van der Waals surface area (Å²) in [6, 6.07) is 10.7. The molecule has 0 amide bonds. The van der Waals surface area contributed by atoms with Gasteiger partial charge in [-0.3, -0.25) is 0 Å². The Kier molecular flexibility index (Phi) is 5.17. The SMILES string of the molecule is Brc1cccc(C2(NCc3sccc3Br)CCOCC2)c1. The van der Waals surface area contributed by atoms with Gasteiger partial charge in [0.15, 0.2) is 0 Å². The number of hydrogen-bond donors (Lipinski definition) is 1. The Morgan fingerprint density at radius 1 is 1.19 bits per heavy atom. The number of nitrogens with one attached hydrogen (secondary N) is 1. The number of thiophene rings is 1. The highest BCUT2D eigenvalue weighted by molar-refractivity contribution is 9.10. The quantitative estimate of drug-likeness (QED) is 0.731. The second kappa shape index (κ2) is 6.92. The summed E-state index contributed by atoms with van der Waals surface area (Å²) in [5, 5.41) is 5.92. The van der Waals surface area contributed by atoms with Gasteiger partial charge >= 0.3 is 0 Å². The third kappa shape index (κ3) is 3.59. The minimum atomic E-state index is 0.00542. The average Bonchev–Trinajstić information content (AvgIpc) is 2.91. The maximum Gasteiger partial charge on any atom is 0.0486 e. The predicted octanol–water partition coefficient (Wildman–Crippen LogP) is 5.07. The molecule has 2 nitrogen and oxygen atoms in total. The average molecular weight is 431 g/mol. The van der Waals surface area contributed by atoms with Crippen molar-refractivity contribution in [1.82, 2.24) is 5.32 Å². The molecule has 2 aromatic rings. The van der Waals surface area contributed by atoms with Crippen molar-refractivity contribution in [2.24, 2.45) is 0 Å². The first-order valence-corrected chi connectivity index (χ1v) is 9.47. The van der Waals surface area contributed by atoms with Crippen molar-refractivity contribution in [2.75, 3.05) is 13.2 Å². The molecule has 0 bridgehead atoms. The van der Waals surface area contributed by atoms with Gasteiger partial charge in [-0.2, -0.15) is 0 Å². The summed E-state index contributed by atoms with van der Waals surface area (Å²) in [5.41, 5.74) is 1.35. The van der Waals surface area contributed by atoms with Crippen LogP contribution in [0.5, 0.6) is 0 Å². The van der Waals surface area contributed by atoms with E-state index in [0.717, 1.165) is 37.1 Å². The fourth-order valence-electron chi connectivity index (χ4n) is 2.77. The highest BCUT2D eigenvalue weighted by Crippen LogP contribution is 2.34. The first-order valence-electron chi connectivity index (χ1n) is 7.00. The summed E-state index contributed by atoms with van der Waals surface area (Å²) < 4.78 is 7.90. The molecular formula is C16H17Br2NOS. The van der Waals surface area contributed by atoms with E-state index in [1.54, 1.807) is 11.3 Å². The molecule has 3 rings (SSSR count). The van der Waals surface area contributed by atoms with Crippen LogP contribution in [0.25, 0.3) is 0 Å². The Labute approximate surface area is 146 Å². The highest BCUT2D eigenvalue weighted by Gasteiger charge is 2.34. The summed E-state index contributed by atoms with van der Waals surface area (Å²) in [4.78, 5) is 1.34. The van der Waals surface area contributed by atoms with Crippen LogP contribution < -0.4 is 5.32 Å². The maximum absolute atomic E-state index is 5.58. The normalized spacial score (nSPS) is 17.8. The molecule has 1 fully saturated rings. The Balaban J connectivity index is 1.84. The zero-order valence-corrected chi connectivity index (χ0v) is 15.6. The molecule has 1 aromatic heterocycles. The summed E-state index contributed by atoms with van der Waals surface area (Å²) in [7, 11) is 0. The molecule has 0 radical (unpaired) electrons. The number of hydrogen-bond acceptors (Lipinski definition) is 3. The molecule has 1 aliphatic rings. The van der Waals surface area contributed by atoms with Crippen LogP contribution in [-0.4, -0.2) is 13.2 Å². The van der Waals surface area contributed by atoms with Gasteiger partial charge in [0.05, 0.1) is 0 Å². The second-order valence-electron chi connectivity index (χ2n) is 5.25. The van der Waals surface area contributed by atoms with Gasteiger partial charge in [0, 0.05) is 39.1 Å². The fraction of sp³-hybridized carbons (Fsp3) is 0.375. The van der Waals surface area contributed by atoms with E-state index < -0.39 is 0 Å². The number of ether oxygens (including phenoxy) is 1. The molecule has 0 atom stereocenters. The fourth-order valence-corrected chi connectivity index (χ4v) is 4.61. The van der Waals surface area contributed by atoms with Gasteiger partial charge in [-0.15, -0.1) is 11.3 Å². The molecule has 1 saturated heterocycles. The van der Waals surface area contributed by atoms with E-state index in [1.807, 2.05) is 0 Å². The molecule has 112 valence electrons. The first-order chi connectivity index (χ1) is 10.2. The van der Waals surface area contributed by atoms with Gasteiger partial charge in [-0.25, -0.2) is 0 Å². The van der Waals surface area contributed by atoms with Crippen LogP contribution in [0, 0.1) is 0 Å². The molecular weight excluding hydrogens is 414 g/mol. The molecule has 21 heavy (non-hydrogen) atoms. The predicted molar refractivity (Wildman–Crippen MR) is 94.7 cm³/mol. The topological polar surface area (TPSA) is 21.3 Å². The summed E-state index contributed by atoms with van der Waals surface area (Å²) in [5.74, 6) is 0. The van der Waals surface area contributed by atoms with E-state index in [4.69, 9.17) is 4.74 Å². The van der Waals surface area contributed by atoms with Gasteiger partial charge in [0.1, 0.15) is 0 Å². The van der Waals surface area contributed by atoms with Gasteiger partial charge in [-0.1, -0.05) is 28.1 Å². The highest BCUT2D eigenvalue weighted by atomic mass is 79.9. The van der Waals surface area contributed by atoms with E-state index in [1.165, 1.54) is 14.9 Å². The van der Waals surface area contributed by atoms with E-state index in [9.17, 15) is 0 Å². The van der Waals surface area contributed by atoms with Crippen LogP contribution in [0.15, 0.2) is 44.7 Å². The Hall–Kier alpha value is -0.200. The number of benzene rings is 1. The third-order valence-electron chi connectivity index (χ3n) is 4.00. The summed E-state index contributed by atoms with van der Waals surface area (Å²) >= 11 is 8.99. The lowest BCUT2D eigenvalue weighted by molar-refractivity contribution is 0.0358. The van der Waals surface area contributed by atoms with Crippen molar-refractivity contribution >= 4 is 43.2 Å². The minimum absolute atomic E-state index is 0.00542. The monoisotopic (exact) mass is 429 g/mol. The van der Waals surface area contributed by atoms with Crippen LogP contribution in [-0.2, 0) is 16.8 Å². The summed E-state index contributed by atoms with van der Waals surface area (Å²) in [6.45, 7) is 2.50. The van der Waals surface area contributed by atoms with Crippen molar-refractivity contribution in [3.63, 3.8) is 0 Å². The Morgan fingerprint density at radius 3 is 2.67 bits per heavy atom. The zero-order valence-electron chi connectivity index (χ0n) is 11.6. The van der Waals surface area contributed by atoms with Crippen LogP contribution in [0.2, 0.25) is 0 Å². The third-order valence-corrected chi connectivity index (χ3v) is 6.42. The van der Waals surface area contributed by atoms with Crippen LogP contribution in [0.4, 0.5) is 0 Å². The first kappa shape index (κ1) is 15.7. The zero-order chi connectivity index (χ0) is 14.7. The second-order valence-corrected chi connectivity index (χ2v) is 8.02. The lowest BCUT2D eigenvalue weighted by atomic mass is 9.82. The van der Waals surface area contributed by atoms with Crippen LogP contribution in [0.3, 0.4) is 0 Å². The molecule has 1 aromatic carbocycles. The van der Waals surface area contributed by atoms with Gasteiger partial charge < -0.3 is 10.1 Å². The molecule has 1 N–H and O–H groups in total. The molecule has 0 unspecified atom stereocenters. The maximum atomic E-state index is 5.58. The van der Waals surface area contributed by atoms with Crippen LogP contribution in [0.1, 0.15) is 23.3 Å². The number of halogens is 2. The van der Waals surface area contributed by atoms with E-state index in [2.05, 4.69) is 72.9 Å².